The fourth-order valence-electron chi connectivity index (χ4n) is 1.81. The molecule has 94 valence electrons. The Bertz CT molecular complexity index is 401. The summed E-state index contributed by atoms with van der Waals surface area (Å²) in [6.07, 6.45) is 0. The Morgan fingerprint density at radius 1 is 1.41 bits per heavy atom. The number of carbonyl (C=O) groups excluding carboxylic acids is 1. The van der Waals surface area contributed by atoms with E-state index in [1.165, 1.54) is 0 Å². The quantitative estimate of drug-likeness (QED) is 0.813. The van der Waals surface area contributed by atoms with Gasteiger partial charge in [-0.2, -0.15) is 0 Å². The molecule has 0 aliphatic carbocycles. The Kier molecular flexibility index (Phi) is 5.06. The standard InChI is InChI=1S/C14H21NOS/c1-5-15(9-10(2)3)14(16)13-8-12(17)7-6-11(13)4/h6-8,10,17H,5,9H2,1-4H3. The van der Waals surface area contributed by atoms with E-state index in [2.05, 4.69) is 26.5 Å². The maximum absolute atomic E-state index is 12.4. The van der Waals surface area contributed by atoms with Crippen LogP contribution < -0.4 is 0 Å². The lowest BCUT2D eigenvalue weighted by molar-refractivity contribution is 0.0745. The van der Waals surface area contributed by atoms with Crippen LogP contribution in [-0.4, -0.2) is 23.9 Å². The van der Waals surface area contributed by atoms with Crippen molar-refractivity contribution in [2.45, 2.75) is 32.6 Å². The van der Waals surface area contributed by atoms with Gasteiger partial charge >= 0.3 is 0 Å². The molecule has 0 bridgehead atoms. The number of hydrogen-bond acceptors (Lipinski definition) is 2. The van der Waals surface area contributed by atoms with Crippen molar-refractivity contribution in [2.24, 2.45) is 5.92 Å². The summed E-state index contributed by atoms with van der Waals surface area (Å²) in [7, 11) is 0. The van der Waals surface area contributed by atoms with Crippen molar-refractivity contribution in [3.63, 3.8) is 0 Å². The summed E-state index contributed by atoms with van der Waals surface area (Å²) in [4.78, 5) is 15.1. The number of benzene rings is 1. The zero-order chi connectivity index (χ0) is 13.0. The van der Waals surface area contributed by atoms with E-state index in [-0.39, 0.29) is 5.91 Å². The van der Waals surface area contributed by atoms with E-state index in [0.29, 0.717) is 5.92 Å². The molecule has 17 heavy (non-hydrogen) atoms. The number of thiol groups is 1. The Balaban J connectivity index is 2.97. The lowest BCUT2D eigenvalue weighted by Crippen LogP contribution is -2.34. The third kappa shape index (κ3) is 3.77. The number of rotatable bonds is 4. The van der Waals surface area contributed by atoms with Gasteiger partial charge in [0, 0.05) is 23.5 Å². The number of aryl methyl sites for hydroxylation is 1. The minimum absolute atomic E-state index is 0.106. The van der Waals surface area contributed by atoms with Gasteiger partial charge in [-0.05, 0) is 37.5 Å². The van der Waals surface area contributed by atoms with Crippen LogP contribution >= 0.6 is 12.6 Å². The van der Waals surface area contributed by atoms with Crippen molar-refractivity contribution < 1.29 is 4.79 Å². The molecule has 0 unspecified atom stereocenters. The third-order valence-electron chi connectivity index (χ3n) is 2.71. The second kappa shape index (κ2) is 6.10. The van der Waals surface area contributed by atoms with Crippen molar-refractivity contribution in [1.29, 1.82) is 0 Å². The summed E-state index contributed by atoms with van der Waals surface area (Å²) >= 11 is 4.29. The molecule has 1 aromatic rings. The Labute approximate surface area is 109 Å². The van der Waals surface area contributed by atoms with Crippen molar-refractivity contribution in [3.05, 3.63) is 29.3 Å². The first-order valence-corrected chi connectivity index (χ1v) is 6.49. The number of carbonyl (C=O) groups is 1. The van der Waals surface area contributed by atoms with E-state index in [9.17, 15) is 4.79 Å². The molecule has 0 spiro atoms. The lowest BCUT2D eigenvalue weighted by atomic mass is 10.1. The number of hydrogen-bond donors (Lipinski definition) is 1. The second-order valence-corrected chi connectivity index (χ2v) is 5.25. The van der Waals surface area contributed by atoms with Crippen molar-refractivity contribution in [1.82, 2.24) is 4.90 Å². The highest BCUT2D eigenvalue weighted by Crippen LogP contribution is 2.16. The van der Waals surface area contributed by atoms with Crippen LogP contribution in [0.5, 0.6) is 0 Å². The van der Waals surface area contributed by atoms with Crippen LogP contribution in [0.4, 0.5) is 0 Å². The molecular weight excluding hydrogens is 230 g/mol. The van der Waals surface area contributed by atoms with E-state index >= 15 is 0 Å². The van der Waals surface area contributed by atoms with Gasteiger partial charge in [0.2, 0.25) is 0 Å². The maximum Gasteiger partial charge on any atom is 0.254 e. The molecule has 3 heteroatoms. The van der Waals surface area contributed by atoms with Crippen LogP contribution in [-0.2, 0) is 0 Å². The molecule has 0 saturated carbocycles. The topological polar surface area (TPSA) is 20.3 Å². The molecule has 2 nitrogen and oxygen atoms in total. The van der Waals surface area contributed by atoms with Crippen LogP contribution in [0.2, 0.25) is 0 Å². The Morgan fingerprint density at radius 3 is 2.59 bits per heavy atom. The first-order valence-electron chi connectivity index (χ1n) is 6.04. The summed E-state index contributed by atoms with van der Waals surface area (Å²) in [5.74, 6) is 0.591. The molecule has 0 fully saturated rings. The Hall–Kier alpha value is -0.960. The van der Waals surface area contributed by atoms with E-state index in [1.807, 2.05) is 36.9 Å². The fourth-order valence-corrected chi connectivity index (χ4v) is 2.01. The molecular formula is C14H21NOS. The van der Waals surface area contributed by atoms with Crippen LogP contribution in [0, 0.1) is 12.8 Å². The summed E-state index contributed by atoms with van der Waals surface area (Å²) in [5, 5.41) is 0. The summed E-state index contributed by atoms with van der Waals surface area (Å²) < 4.78 is 0. The largest absolute Gasteiger partial charge is 0.339 e. The fraction of sp³-hybridized carbons (Fsp3) is 0.500. The monoisotopic (exact) mass is 251 g/mol. The summed E-state index contributed by atoms with van der Waals surface area (Å²) in [5.41, 5.74) is 1.77. The lowest BCUT2D eigenvalue weighted by Gasteiger charge is -2.23. The summed E-state index contributed by atoms with van der Waals surface area (Å²) in [6, 6.07) is 5.70. The normalized spacial score (nSPS) is 10.7. The molecule has 0 aromatic heterocycles. The molecule has 0 saturated heterocycles. The van der Waals surface area contributed by atoms with Crippen molar-refractivity contribution in [3.8, 4) is 0 Å². The van der Waals surface area contributed by atoms with Gasteiger partial charge in [0.05, 0.1) is 0 Å². The second-order valence-electron chi connectivity index (χ2n) is 4.74. The Morgan fingerprint density at radius 2 is 2.06 bits per heavy atom. The molecule has 0 aliphatic heterocycles. The van der Waals surface area contributed by atoms with Crippen molar-refractivity contribution >= 4 is 18.5 Å². The van der Waals surface area contributed by atoms with E-state index < -0.39 is 0 Å². The minimum Gasteiger partial charge on any atom is -0.339 e. The average molecular weight is 251 g/mol. The number of nitrogens with zero attached hydrogens (tertiary/aromatic N) is 1. The van der Waals surface area contributed by atoms with Gasteiger partial charge in [-0.1, -0.05) is 19.9 Å². The van der Waals surface area contributed by atoms with Gasteiger partial charge in [-0.3, -0.25) is 4.79 Å². The predicted molar refractivity (Wildman–Crippen MR) is 74.8 cm³/mol. The minimum atomic E-state index is 0.106. The first-order chi connectivity index (χ1) is 7.95. The van der Waals surface area contributed by atoms with Crippen LogP contribution in [0.15, 0.2) is 23.1 Å². The highest BCUT2D eigenvalue weighted by Gasteiger charge is 2.17. The van der Waals surface area contributed by atoms with Gasteiger partial charge in [0.1, 0.15) is 0 Å². The van der Waals surface area contributed by atoms with Gasteiger partial charge in [-0.25, -0.2) is 0 Å². The van der Waals surface area contributed by atoms with Crippen LogP contribution in [0.25, 0.3) is 0 Å². The summed E-state index contributed by atoms with van der Waals surface area (Å²) in [6.45, 7) is 9.76. The molecule has 0 heterocycles. The van der Waals surface area contributed by atoms with Gasteiger partial charge in [0.25, 0.3) is 5.91 Å². The zero-order valence-corrected chi connectivity index (χ0v) is 11.9. The van der Waals surface area contributed by atoms with Gasteiger partial charge < -0.3 is 4.90 Å². The third-order valence-corrected chi connectivity index (χ3v) is 2.98. The molecule has 0 N–H and O–H groups in total. The van der Waals surface area contributed by atoms with Crippen molar-refractivity contribution in [2.75, 3.05) is 13.1 Å². The molecule has 1 rings (SSSR count). The SMILES string of the molecule is CCN(CC(C)C)C(=O)c1cc(S)ccc1C. The molecule has 1 aromatic carbocycles. The molecule has 0 atom stereocenters. The molecule has 1 amide bonds. The highest BCUT2D eigenvalue weighted by molar-refractivity contribution is 7.80. The van der Waals surface area contributed by atoms with Crippen LogP contribution in [0.3, 0.4) is 0 Å². The van der Waals surface area contributed by atoms with E-state index in [0.717, 1.165) is 29.1 Å². The zero-order valence-electron chi connectivity index (χ0n) is 11.0. The van der Waals surface area contributed by atoms with Crippen LogP contribution in [0.1, 0.15) is 36.7 Å². The molecule has 0 aliphatic rings. The van der Waals surface area contributed by atoms with Gasteiger partial charge in [-0.15, -0.1) is 12.6 Å². The average Bonchev–Trinajstić information content (AvgIpc) is 2.28. The molecule has 0 radical (unpaired) electrons. The van der Waals surface area contributed by atoms with E-state index in [1.54, 1.807) is 0 Å². The smallest absolute Gasteiger partial charge is 0.254 e. The van der Waals surface area contributed by atoms with Gasteiger partial charge in [0.15, 0.2) is 0 Å². The number of amides is 1. The maximum atomic E-state index is 12.4. The predicted octanol–water partition coefficient (Wildman–Crippen LogP) is 3.40. The van der Waals surface area contributed by atoms with E-state index in [4.69, 9.17) is 0 Å². The first kappa shape index (κ1) is 14.1. The highest BCUT2D eigenvalue weighted by atomic mass is 32.1.